The molecular formula is C26H34N6O4. The van der Waals surface area contributed by atoms with Gasteiger partial charge in [0.1, 0.15) is 5.54 Å². The molecule has 0 radical (unpaired) electrons. The van der Waals surface area contributed by atoms with E-state index in [2.05, 4.69) is 20.4 Å². The number of nitrogens with zero attached hydrogens (tertiary/aromatic N) is 5. The first kappa shape index (κ1) is 24.4. The van der Waals surface area contributed by atoms with Crippen molar-refractivity contribution in [1.29, 1.82) is 0 Å². The lowest BCUT2D eigenvalue weighted by atomic mass is 9.98. The Bertz CT molecular complexity index is 1120. The maximum Gasteiger partial charge on any atom is 0.325 e. The maximum atomic E-state index is 12.8. The summed E-state index contributed by atoms with van der Waals surface area (Å²) in [5.74, 6) is 1.09. The van der Waals surface area contributed by atoms with Crippen LogP contribution in [0.1, 0.15) is 62.9 Å². The Labute approximate surface area is 211 Å². The summed E-state index contributed by atoms with van der Waals surface area (Å²) in [7, 11) is 0. The highest BCUT2D eigenvalue weighted by Gasteiger charge is 2.52. The predicted octanol–water partition coefficient (Wildman–Crippen LogP) is 2.90. The zero-order valence-corrected chi connectivity index (χ0v) is 21.0. The standard InChI is InChI=1S/C26H34N6O4/c1-18-7-9-20(10-8-18)22-27-23(36-29-22)19(2)30-14-16-31(17-15-30)21(33)6-5-13-32-24(34)26(28-25(32)35)11-3-4-12-26/h7-10,19H,3-6,11-17H2,1-2H3,(H,28,35)/t19-/m0/s1. The third kappa shape index (κ3) is 4.74. The van der Waals surface area contributed by atoms with Crippen molar-refractivity contribution in [3.05, 3.63) is 35.7 Å². The maximum absolute atomic E-state index is 12.8. The van der Waals surface area contributed by atoms with Gasteiger partial charge in [0.15, 0.2) is 0 Å². The molecule has 3 fully saturated rings. The molecule has 1 spiro atoms. The third-order valence-corrected chi connectivity index (χ3v) is 7.80. The van der Waals surface area contributed by atoms with Crippen molar-refractivity contribution in [2.24, 2.45) is 0 Å². The van der Waals surface area contributed by atoms with Gasteiger partial charge in [-0.15, -0.1) is 0 Å². The highest BCUT2D eigenvalue weighted by Crippen LogP contribution is 2.35. The Morgan fingerprint density at radius 1 is 1.11 bits per heavy atom. The Morgan fingerprint density at radius 3 is 2.50 bits per heavy atom. The van der Waals surface area contributed by atoms with Crippen molar-refractivity contribution in [3.63, 3.8) is 0 Å². The summed E-state index contributed by atoms with van der Waals surface area (Å²) < 4.78 is 5.54. The summed E-state index contributed by atoms with van der Waals surface area (Å²) in [5, 5.41) is 7.03. The Morgan fingerprint density at radius 2 is 1.81 bits per heavy atom. The van der Waals surface area contributed by atoms with Crippen LogP contribution >= 0.6 is 0 Å². The molecule has 192 valence electrons. The Kier molecular flexibility index (Phi) is 6.79. The monoisotopic (exact) mass is 494 g/mol. The third-order valence-electron chi connectivity index (χ3n) is 7.80. The van der Waals surface area contributed by atoms with E-state index in [0.29, 0.717) is 63.6 Å². The van der Waals surface area contributed by atoms with E-state index in [-0.39, 0.29) is 30.4 Å². The van der Waals surface area contributed by atoms with Crippen molar-refractivity contribution in [2.75, 3.05) is 32.7 Å². The molecule has 2 saturated heterocycles. The van der Waals surface area contributed by atoms with E-state index in [1.54, 1.807) is 0 Å². The quantitative estimate of drug-likeness (QED) is 0.589. The van der Waals surface area contributed by atoms with Gasteiger partial charge in [-0.2, -0.15) is 4.98 Å². The molecular weight excluding hydrogens is 460 g/mol. The number of aryl methyl sites for hydroxylation is 1. The SMILES string of the molecule is Cc1ccc(-c2noc([C@H](C)N3CCN(C(=O)CCCN4C(=O)NC5(CCCC5)C4=O)CC3)n2)cc1. The smallest absolute Gasteiger partial charge is 0.325 e. The molecule has 1 aliphatic carbocycles. The van der Waals surface area contributed by atoms with E-state index in [9.17, 15) is 14.4 Å². The normalized spacial score (nSPS) is 20.8. The van der Waals surface area contributed by atoms with Crippen molar-refractivity contribution >= 4 is 17.8 Å². The Balaban J connectivity index is 1.08. The van der Waals surface area contributed by atoms with Gasteiger partial charge in [-0.1, -0.05) is 47.8 Å². The van der Waals surface area contributed by atoms with Gasteiger partial charge < -0.3 is 14.7 Å². The zero-order chi connectivity index (χ0) is 25.3. The number of hydrogen-bond donors (Lipinski definition) is 1. The molecule has 5 rings (SSSR count). The second-order valence-electron chi connectivity index (χ2n) is 10.2. The van der Waals surface area contributed by atoms with Crippen LogP contribution in [0.5, 0.6) is 0 Å². The molecule has 0 unspecified atom stereocenters. The second kappa shape index (κ2) is 10.0. The van der Waals surface area contributed by atoms with Gasteiger partial charge in [0.05, 0.1) is 6.04 Å². The first-order valence-electron chi connectivity index (χ1n) is 12.9. The molecule has 3 heterocycles. The van der Waals surface area contributed by atoms with E-state index in [4.69, 9.17) is 4.52 Å². The lowest BCUT2D eigenvalue weighted by Crippen LogP contribution is -2.49. The molecule has 4 amide bonds. The van der Waals surface area contributed by atoms with Crippen molar-refractivity contribution in [1.82, 2.24) is 30.2 Å². The van der Waals surface area contributed by atoms with Gasteiger partial charge in [-0.3, -0.25) is 19.4 Å². The number of urea groups is 1. The number of hydrogen-bond acceptors (Lipinski definition) is 7. The minimum atomic E-state index is -0.687. The van der Waals surface area contributed by atoms with Crippen LogP contribution in [0, 0.1) is 6.92 Å². The molecule has 1 N–H and O–H groups in total. The van der Waals surface area contributed by atoms with Gasteiger partial charge in [-0.05, 0) is 33.1 Å². The minimum Gasteiger partial charge on any atom is -0.340 e. The summed E-state index contributed by atoms with van der Waals surface area (Å²) in [4.78, 5) is 47.8. The van der Waals surface area contributed by atoms with Gasteiger partial charge in [-0.25, -0.2) is 4.79 Å². The van der Waals surface area contributed by atoms with Crippen LogP contribution < -0.4 is 5.32 Å². The summed E-state index contributed by atoms with van der Waals surface area (Å²) in [6, 6.07) is 7.65. The molecule has 2 aromatic rings. The topological polar surface area (TPSA) is 112 Å². The highest BCUT2D eigenvalue weighted by molar-refractivity contribution is 6.07. The van der Waals surface area contributed by atoms with Crippen molar-refractivity contribution < 1.29 is 18.9 Å². The first-order valence-corrected chi connectivity index (χ1v) is 12.9. The zero-order valence-electron chi connectivity index (χ0n) is 21.0. The largest absolute Gasteiger partial charge is 0.340 e. The fraction of sp³-hybridized carbons (Fsp3) is 0.577. The summed E-state index contributed by atoms with van der Waals surface area (Å²) >= 11 is 0. The van der Waals surface area contributed by atoms with Crippen LogP contribution in [-0.2, 0) is 9.59 Å². The van der Waals surface area contributed by atoms with E-state index in [1.807, 2.05) is 43.0 Å². The summed E-state index contributed by atoms with van der Waals surface area (Å²) in [6.07, 6.45) is 4.16. The number of benzene rings is 1. The molecule has 10 heteroatoms. The van der Waals surface area contributed by atoms with Gasteiger partial charge in [0.2, 0.25) is 17.6 Å². The molecule has 1 aromatic heterocycles. The average Bonchev–Trinajstić information content (AvgIpc) is 3.61. The van der Waals surface area contributed by atoms with Gasteiger partial charge in [0.25, 0.3) is 5.91 Å². The molecule has 36 heavy (non-hydrogen) atoms. The number of piperazine rings is 1. The molecule has 2 aliphatic heterocycles. The number of carbonyl (C=O) groups is 3. The molecule has 1 aromatic carbocycles. The predicted molar refractivity (Wildman–Crippen MR) is 132 cm³/mol. The minimum absolute atomic E-state index is 0.0449. The molecule has 0 bridgehead atoms. The molecule has 10 nitrogen and oxygen atoms in total. The number of amides is 4. The van der Waals surface area contributed by atoms with E-state index < -0.39 is 5.54 Å². The van der Waals surface area contributed by atoms with Crippen molar-refractivity contribution in [2.45, 2.75) is 64.0 Å². The molecule has 1 saturated carbocycles. The number of aromatic nitrogens is 2. The van der Waals surface area contributed by atoms with E-state index in [0.717, 1.165) is 18.4 Å². The van der Waals surface area contributed by atoms with Crippen LogP contribution in [0.2, 0.25) is 0 Å². The van der Waals surface area contributed by atoms with Crippen LogP contribution in [0.15, 0.2) is 28.8 Å². The average molecular weight is 495 g/mol. The van der Waals surface area contributed by atoms with Crippen LogP contribution in [0.25, 0.3) is 11.4 Å². The van der Waals surface area contributed by atoms with Crippen LogP contribution in [-0.4, -0.2) is 80.9 Å². The lowest BCUT2D eigenvalue weighted by Gasteiger charge is -2.36. The van der Waals surface area contributed by atoms with Crippen LogP contribution in [0.3, 0.4) is 0 Å². The number of nitrogens with one attached hydrogen (secondary N) is 1. The summed E-state index contributed by atoms with van der Waals surface area (Å²) in [5.41, 5.74) is 1.41. The van der Waals surface area contributed by atoms with Crippen molar-refractivity contribution in [3.8, 4) is 11.4 Å². The second-order valence-corrected chi connectivity index (χ2v) is 10.2. The van der Waals surface area contributed by atoms with E-state index >= 15 is 0 Å². The fourth-order valence-corrected chi connectivity index (χ4v) is 5.48. The van der Waals surface area contributed by atoms with Crippen LogP contribution in [0.4, 0.5) is 4.79 Å². The molecule has 1 atom stereocenters. The number of carbonyl (C=O) groups excluding carboxylic acids is 3. The first-order chi connectivity index (χ1) is 17.4. The highest BCUT2D eigenvalue weighted by atomic mass is 16.5. The van der Waals surface area contributed by atoms with E-state index in [1.165, 1.54) is 10.5 Å². The number of rotatable bonds is 7. The van der Waals surface area contributed by atoms with Gasteiger partial charge in [0, 0.05) is 44.7 Å². The Hall–Kier alpha value is -3.27. The van der Waals surface area contributed by atoms with Gasteiger partial charge >= 0.3 is 6.03 Å². The fourth-order valence-electron chi connectivity index (χ4n) is 5.48. The lowest BCUT2D eigenvalue weighted by molar-refractivity contribution is -0.134. The molecule has 3 aliphatic rings. The summed E-state index contributed by atoms with van der Waals surface area (Å²) in [6.45, 7) is 7.03. The number of imide groups is 1.